The number of ketones is 1. The number of hydrogen-bond donors (Lipinski definition) is 0. The number of amides is 1. The SMILES string of the molecule is CC(C)C(Oc1ccc(C(=O)c2ccc(F)cc2)cc1)C(=O)N(C)C. The number of hydrogen-bond acceptors (Lipinski definition) is 3. The van der Waals surface area contributed by atoms with Crippen LogP contribution in [0.5, 0.6) is 5.75 Å². The highest BCUT2D eigenvalue weighted by Gasteiger charge is 2.25. The van der Waals surface area contributed by atoms with E-state index in [1.807, 2.05) is 13.8 Å². The molecule has 0 aliphatic rings. The van der Waals surface area contributed by atoms with Gasteiger partial charge in [0, 0.05) is 25.2 Å². The van der Waals surface area contributed by atoms with Crippen molar-refractivity contribution in [3.8, 4) is 5.75 Å². The predicted molar refractivity (Wildman–Crippen MR) is 94.2 cm³/mol. The lowest BCUT2D eigenvalue weighted by atomic mass is 10.0. The highest BCUT2D eigenvalue weighted by molar-refractivity contribution is 6.09. The van der Waals surface area contributed by atoms with Crippen LogP contribution in [0.15, 0.2) is 48.5 Å². The van der Waals surface area contributed by atoms with Crippen LogP contribution < -0.4 is 4.74 Å². The van der Waals surface area contributed by atoms with E-state index < -0.39 is 6.10 Å². The summed E-state index contributed by atoms with van der Waals surface area (Å²) in [4.78, 5) is 26.1. The molecule has 1 unspecified atom stereocenters. The molecule has 0 aliphatic carbocycles. The van der Waals surface area contributed by atoms with Gasteiger partial charge in [-0.15, -0.1) is 0 Å². The van der Waals surface area contributed by atoms with Gasteiger partial charge in [-0.25, -0.2) is 4.39 Å². The summed E-state index contributed by atoms with van der Waals surface area (Å²) in [6, 6.07) is 12.0. The van der Waals surface area contributed by atoms with Crippen LogP contribution in [0.3, 0.4) is 0 Å². The summed E-state index contributed by atoms with van der Waals surface area (Å²) in [6.45, 7) is 3.83. The molecule has 5 heteroatoms. The summed E-state index contributed by atoms with van der Waals surface area (Å²) >= 11 is 0. The van der Waals surface area contributed by atoms with Crippen LogP contribution >= 0.6 is 0 Å². The Morgan fingerprint density at radius 1 is 0.920 bits per heavy atom. The van der Waals surface area contributed by atoms with Crippen molar-refractivity contribution < 1.29 is 18.7 Å². The fourth-order valence-electron chi connectivity index (χ4n) is 2.33. The Morgan fingerprint density at radius 2 is 1.40 bits per heavy atom. The summed E-state index contributed by atoms with van der Waals surface area (Å²) in [7, 11) is 3.37. The van der Waals surface area contributed by atoms with Crippen LogP contribution in [0.25, 0.3) is 0 Å². The standard InChI is InChI=1S/C20H22FNO3/c1-13(2)19(20(24)22(3)4)25-17-11-7-15(8-12-17)18(23)14-5-9-16(21)10-6-14/h5-13,19H,1-4H3. The number of benzene rings is 2. The highest BCUT2D eigenvalue weighted by Crippen LogP contribution is 2.20. The second-order valence-electron chi connectivity index (χ2n) is 6.38. The quantitative estimate of drug-likeness (QED) is 0.754. The molecule has 132 valence electrons. The average molecular weight is 343 g/mol. The van der Waals surface area contributed by atoms with E-state index in [-0.39, 0.29) is 23.4 Å². The van der Waals surface area contributed by atoms with Gasteiger partial charge >= 0.3 is 0 Å². The van der Waals surface area contributed by atoms with Gasteiger partial charge in [0.05, 0.1) is 0 Å². The number of likely N-dealkylation sites (N-methyl/N-ethyl adjacent to an activating group) is 1. The molecule has 25 heavy (non-hydrogen) atoms. The van der Waals surface area contributed by atoms with Crippen LogP contribution in [-0.2, 0) is 4.79 Å². The maximum absolute atomic E-state index is 13.0. The molecule has 0 N–H and O–H groups in total. The van der Waals surface area contributed by atoms with Crippen molar-refractivity contribution in [2.45, 2.75) is 20.0 Å². The predicted octanol–water partition coefficient (Wildman–Crippen LogP) is 3.55. The Hall–Kier alpha value is -2.69. The third-order valence-electron chi connectivity index (χ3n) is 3.78. The first-order valence-electron chi connectivity index (χ1n) is 8.07. The molecule has 0 saturated carbocycles. The topological polar surface area (TPSA) is 46.6 Å². The maximum Gasteiger partial charge on any atom is 0.263 e. The van der Waals surface area contributed by atoms with E-state index in [0.29, 0.717) is 16.9 Å². The molecule has 2 aromatic carbocycles. The van der Waals surface area contributed by atoms with Gasteiger partial charge in [-0.05, 0) is 54.4 Å². The van der Waals surface area contributed by atoms with E-state index in [0.717, 1.165) is 0 Å². The molecule has 0 fully saturated rings. The van der Waals surface area contributed by atoms with E-state index in [4.69, 9.17) is 4.74 Å². The summed E-state index contributed by atoms with van der Waals surface area (Å²) in [6.07, 6.45) is -0.589. The molecule has 0 aliphatic heterocycles. The largest absolute Gasteiger partial charge is 0.480 e. The molecule has 0 bridgehead atoms. The molecule has 0 radical (unpaired) electrons. The van der Waals surface area contributed by atoms with Gasteiger partial charge in [0.2, 0.25) is 0 Å². The lowest BCUT2D eigenvalue weighted by Gasteiger charge is -2.24. The van der Waals surface area contributed by atoms with Crippen molar-refractivity contribution in [1.29, 1.82) is 0 Å². The lowest BCUT2D eigenvalue weighted by molar-refractivity contribution is -0.138. The summed E-state index contributed by atoms with van der Waals surface area (Å²) in [5.74, 6) is -0.164. The summed E-state index contributed by atoms with van der Waals surface area (Å²) in [5, 5.41) is 0. The number of carbonyl (C=O) groups excluding carboxylic acids is 2. The molecular weight excluding hydrogens is 321 g/mol. The van der Waals surface area contributed by atoms with E-state index in [1.54, 1.807) is 38.4 Å². The number of nitrogens with zero attached hydrogens (tertiary/aromatic N) is 1. The van der Waals surface area contributed by atoms with E-state index in [1.165, 1.54) is 29.2 Å². The van der Waals surface area contributed by atoms with Crippen molar-refractivity contribution in [2.24, 2.45) is 5.92 Å². The van der Waals surface area contributed by atoms with Crippen molar-refractivity contribution in [3.63, 3.8) is 0 Å². The molecule has 4 nitrogen and oxygen atoms in total. The fourth-order valence-corrected chi connectivity index (χ4v) is 2.33. The zero-order valence-electron chi connectivity index (χ0n) is 14.8. The minimum Gasteiger partial charge on any atom is -0.480 e. The molecule has 1 amide bonds. The number of carbonyl (C=O) groups is 2. The Balaban J connectivity index is 2.14. The summed E-state index contributed by atoms with van der Waals surface area (Å²) < 4.78 is 18.8. The maximum atomic E-state index is 13.0. The number of ether oxygens (including phenoxy) is 1. The Kier molecular flexibility index (Phi) is 5.91. The first kappa shape index (κ1) is 18.6. The van der Waals surface area contributed by atoms with Gasteiger partial charge < -0.3 is 9.64 Å². The first-order chi connectivity index (χ1) is 11.8. The smallest absolute Gasteiger partial charge is 0.263 e. The molecule has 1 atom stereocenters. The van der Waals surface area contributed by atoms with Gasteiger partial charge in [-0.1, -0.05) is 13.8 Å². The van der Waals surface area contributed by atoms with E-state index >= 15 is 0 Å². The van der Waals surface area contributed by atoms with Crippen molar-refractivity contribution in [1.82, 2.24) is 4.90 Å². The first-order valence-corrected chi connectivity index (χ1v) is 8.07. The average Bonchev–Trinajstić information content (AvgIpc) is 2.59. The van der Waals surface area contributed by atoms with Crippen LogP contribution in [0.2, 0.25) is 0 Å². The van der Waals surface area contributed by atoms with Gasteiger partial charge in [0.25, 0.3) is 5.91 Å². The third kappa shape index (κ3) is 4.66. The lowest BCUT2D eigenvalue weighted by Crippen LogP contribution is -2.41. The van der Waals surface area contributed by atoms with Gasteiger partial charge in [-0.3, -0.25) is 9.59 Å². The second-order valence-corrected chi connectivity index (χ2v) is 6.38. The highest BCUT2D eigenvalue weighted by atomic mass is 19.1. The van der Waals surface area contributed by atoms with Crippen LogP contribution in [-0.4, -0.2) is 36.8 Å². The second kappa shape index (κ2) is 7.92. The van der Waals surface area contributed by atoms with Gasteiger partial charge in [0.15, 0.2) is 11.9 Å². The molecule has 0 spiro atoms. The molecule has 0 heterocycles. The zero-order valence-corrected chi connectivity index (χ0v) is 14.8. The fraction of sp³-hybridized carbons (Fsp3) is 0.300. The number of rotatable bonds is 6. The minimum absolute atomic E-state index is 0.00965. The Bertz CT molecular complexity index is 737. The van der Waals surface area contributed by atoms with Crippen LogP contribution in [0, 0.1) is 11.7 Å². The van der Waals surface area contributed by atoms with Gasteiger partial charge in [-0.2, -0.15) is 0 Å². The molecule has 0 saturated heterocycles. The zero-order chi connectivity index (χ0) is 18.6. The molecule has 0 aromatic heterocycles. The monoisotopic (exact) mass is 343 g/mol. The van der Waals surface area contributed by atoms with Crippen molar-refractivity contribution in [3.05, 3.63) is 65.5 Å². The summed E-state index contributed by atoms with van der Waals surface area (Å²) in [5.41, 5.74) is 0.886. The van der Waals surface area contributed by atoms with Crippen LogP contribution in [0.1, 0.15) is 29.8 Å². The Labute approximate surface area is 147 Å². The van der Waals surface area contributed by atoms with Gasteiger partial charge in [0.1, 0.15) is 11.6 Å². The molecular formula is C20H22FNO3. The van der Waals surface area contributed by atoms with Crippen molar-refractivity contribution >= 4 is 11.7 Å². The Morgan fingerprint density at radius 3 is 1.84 bits per heavy atom. The van der Waals surface area contributed by atoms with E-state index in [9.17, 15) is 14.0 Å². The molecule has 2 aromatic rings. The van der Waals surface area contributed by atoms with Crippen molar-refractivity contribution in [2.75, 3.05) is 14.1 Å². The third-order valence-corrected chi connectivity index (χ3v) is 3.78. The minimum atomic E-state index is -0.589. The van der Waals surface area contributed by atoms with Crippen LogP contribution in [0.4, 0.5) is 4.39 Å². The van der Waals surface area contributed by atoms with E-state index in [2.05, 4.69) is 0 Å². The normalized spacial score (nSPS) is 11.9. The molecule has 2 rings (SSSR count). The number of halogens is 1.